The van der Waals surface area contributed by atoms with E-state index in [9.17, 15) is 9.18 Å². The molecule has 0 saturated heterocycles. The van der Waals surface area contributed by atoms with E-state index in [0.29, 0.717) is 13.1 Å². The van der Waals surface area contributed by atoms with Gasteiger partial charge in [-0.3, -0.25) is 0 Å². The van der Waals surface area contributed by atoms with Gasteiger partial charge < -0.3 is 19.9 Å². The first-order chi connectivity index (χ1) is 13.5. The average molecular weight is 381 g/mol. The number of methoxy groups -OCH3 is 1. The summed E-state index contributed by atoms with van der Waals surface area (Å²) in [6, 6.07) is 15.7. The van der Waals surface area contributed by atoms with Crippen molar-refractivity contribution in [1.82, 2.24) is 15.2 Å². The Hall–Kier alpha value is -3.28. The zero-order valence-electron chi connectivity index (χ0n) is 16.3. The lowest BCUT2D eigenvalue weighted by Gasteiger charge is -2.11. The number of benzene rings is 2. The second kappa shape index (κ2) is 8.61. The number of nitrogens with one attached hydrogen (secondary N) is 2. The largest absolute Gasteiger partial charge is 0.497 e. The summed E-state index contributed by atoms with van der Waals surface area (Å²) in [6.45, 7) is 4.80. The molecule has 0 unspecified atom stereocenters. The number of halogens is 1. The maximum atomic E-state index is 13.2. The SMILES string of the molecule is COc1cccc(CNC(=O)NCc2cc(C)n(-c3ccc(F)cc3)c2C)c1. The molecule has 0 saturated carbocycles. The fourth-order valence-electron chi connectivity index (χ4n) is 3.20. The smallest absolute Gasteiger partial charge is 0.315 e. The summed E-state index contributed by atoms with van der Waals surface area (Å²) < 4.78 is 20.4. The highest BCUT2D eigenvalue weighted by Gasteiger charge is 2.12. The quantitative estimate of drug-likeness (QED) is 0.671. The molecule has 0 aliphatic heterocycles. The zero-order chi connectivity index (χ0) is 20.1. The molecule has 6 heteroatoms. The zero-order valence-corrected chi connectivity index (χ0v) is 16.3. The van der Waals surface area contributed by atoms with E-state index in [1.54, 1.807) is 19.2 Å². The van der Waals surface area contributed by atoms with Gasteiger partial charge in [0.15, 0.2) is 0 Å². The van der Waals surface area contributed by atoms with Crippen molar-refractivity contribution in [3.05, 3.63) is 82.9 Å². The molecule has 0 bridgehead atoms. The molecule has 2 amide bonds. The van der Waals surface area contributed by atoms with Crippen molar-refractivity contribution in [2.45, 2.75) is 26.9 Å². The van der Waals surface area contributed by atoms with Gasteiger partial charge in [0.2, 0.25) is 0 Å². The van der Waals surface area contributed by atoms with Gasteiger partial charge in [-0.25, -0.2) is 9.18 Å². The number of nitrogens with zero attached hydrogens (tertiary/aromatic N) is 1. The lowest BCUT2D eigenvalue weighted by Crippen LogP contribution is -2.34. The predicted octanol–water partition coefficient (Wildman–Crippen LogP) is 4.24. The highest BCUT2D eigenvalue weighted by molar-refractivity contribution is 5.73. The number of amides is 2. The van der Waals surface area contributed by atoms with Gasteiger partial charge in [-0.2, -0.15) is 0 Å². The molecule has 2 aromatic carbocycles. The van der Waals surface area contributed by atoms with Gasteiger partial charge in [-0.05, 0) is 67.4 Å². The van der Waals surface area contributed by atoms with Crippen molar-refractivity contribution in [2.24, 2.45) is 0 Å². The van der Waals surface area contributed by atoms with Crippen LogP contribution in [-0.2, 0) is 13.1 Å². The lowest BCUT2D eigenvalue weighted by atomic mass is 10.2. The van der Waals surface area contributed by atoms with Crippen LogP contribution in [-0.4, -0.2) is 17.7 Å². The highest BCUT2D eigenvalue weighted by Crippen LogP contribution is 2.21. The first kappa shape index (κ1) is 19.5. The predicted molar refractivity (Wildman–Crippen MR) is 107 cm³/mol. The van der Waals surface area contributed by atoms with Crippen LogP contribution in [0.5, 0.6) is 5.75 Å². The van der Waals surface area contributed by atoms with Crippen LogP contribution >= 0.6 is 0 Å². The number of hydrogen-bond donors (Lipinski definition) is 2. The third-order valence-corrected chi connectivity index (χ3v) is 4.65. The fraction of sp³-hybridized carbons (Fsp3) is 0.227. The highest BCUT2D eigenvalue weighted by atomic mass is 19.1. The second-order valence-electron chi connectivity index (χ2n) is 6.60. The number of aromatic nitrogens is 1. The molecule has 3 aromatic rings. The number of rotatable bonds is 6. The summed E-state index contributed by atoms with van der Waals surface area (Å²) in [5.41, 5.74) is 4.90. The lowest BCUT2D eigenvalue weighted by molar-refractivity contribution is 0.240. The minimum atomic E-state index is -0.263. The molecule has 1 aromatic heterocycles. The minimum Gasteiger partial charge on any atom is -0.497 e. The van der Waals surface area contributed by atoms with E-state index in [-0.39, 0.29) is 11.8 Å². The molecule has 0 spiro atoms. The van der Waals surface area contributed by atoms with Crippen LogP contribution in [0.15, 0.2) is 54.6 Å². The molecule has 0 aliphatic rings. The number of urea groups is 1. The number of hydrogen-bond acceptors (Lipinski definition) is 2. The van der Waals surface area contributed by atoms with Crippen LogP contribution in [0, 0.1) is 19.7 Å². The Morgan fingerprint density at radius 2 is 1.75 bits per heavy atom. The molecule has 0 radical (unpaired) electrons. The van der Waals surface area contributed by atoms with Crippen molar-refractivity contribution in [3.8, 4) is 11.4 Å². The fourth-order valence-corrected chi connectivity index (χ4v) is 3.20. The molecule has 146 valence electrons. The average Bonchev–Trinajstić information content (AvgIpc) is 2.99. The number of carbonyl (C=O) groups excluding carboxylic acids is 1. The van der Waals surface area contributed by atoms with Crippen molar-refractivity contribution >= 4 is 6.03 Å². The van der Waals surface area contributed by atoms with Gasteiger partial charge in [0, 0.05) is 30.2 Å². The van der Waals surface area contributed by atoms with Crippen LogP contribution in [0.1, 0.15) is 22.5 Å². The third kappa shape index (κ3) is 4.52. The Balaban J connectivity index is 1.60. The Morgan fingerprint density at radius 3 is 2.46 bits per heavy atom. The van der Waals surface area contributed by atoms with Crippen LogP contribution < -0.4 is 15.4 Å². The van der Waals surface area contributed by atoms with E-state index in [1.165, 1.54) is 12.1 Å². The molecule has 1 heterocycles. The van der Waals surface area contributed by atoms with Crippen molar-refractivity contribution in [2.75, 3.05) is 7.11 Å². The van der Waals surface area contributed by atoms with Crippen molar-refractivity contribution < 1.29 is 13.9 Å². The molecule has 28 heavy (non-hydrogen) atoms. The van der Waals surface area contributed by atoms with Gasteiger partial charge in [-0.15, -0.1) is 0 Å². The van der Waals surface area contributed by atoms with E-state index in [4.69, 9.17) is 4.74 Å². The van der Waals surface area contributed by atoms with E-state index >= 15 is 0 Å². The van der Waals surface area contributed by atoms with E-state index in [2.05, 4.69) is 10.6 Å². The molecule has 3 rings (SSSR count). The second-order valence-corrected chi connectivity index (χ2v) is 6.60. The molecule has 5 nitrogen and oxygen atoms in total. The van der Waals surface area contributed by atoms with Gasteiger partial charge >= 0.3 is 6.03 Å². The minimum absolute atomic E-state index is 0.241. The first-order valence-electron chi connectivity index (χ1n) is 9.06. The van der Waals surface area contributed by atoms with E-state index in [1.807, 2.05) is 48.7 Å². The summed E-state index contributed by atoms with van der Waals surface area (Å²) in [5, 5.41) is 5.73. The van der Waals surface area contributed by atoms with Gasteiger partial charge in [0.1, 0.15) is 11.6 Å². The molecule has 0 atom stereocenters. The van der Waals surface area contributed by atoms with Crippen LogP contribution in [0.25, 0.3) is 5.69 Å². The Labute approximate surface area is 164 Å². The Morgan fingerprint density at radius 1 is 1.04 bits per heavy atom. The molecule has 0 aliphatic carbocycles. The summed E-state index contributed by atoms with van der Waals surface area (Å²) in [6.07, 6.45) is 0. The van der Waals surface area contributed by atoms with Crippen LogP contribution in [0.3, 0.4) is 0 Å². The van der Waals surface area contributed by atoms with Crippen molar-refractivity contribution in [1.29, 1.82) is 0 Å². The topological polar surface area (TPSA) is 55.3 Å². The van der Waals surface area contributed by atoms with Crippen LogP contribution in [0.4, 0.5) is 9.18 Å². The van der Waals surface area contributed by atoms with Gasteiger partial charge in [0.05, 0.1) is 7.11 Å². The maximum absolute atomic E-state index is 13.2. The summed E-state index contributed by atoms with van der Waals surface area (Å²) >= 11 is 0. The number of aryl methyl sites for hydroxylation is 1. The van der Waals surface area contributed by atoms with Gasteiger partial charge in [-0.1, -0.05) is 12.1 Å². The molecule has 0 fully saturated rings. The summed E-state index contributed by atoms with van der Waals surface area (Å²) in [7, 11) is 1.61. The molecular formula is C22H24FN3O2. The number of ether oxygens (including phenoxy) is 1. The summed E-state index contributed by atoms with van der Waals surface area (Å²) in [5.74, 6) is 0.494. The molecule has 2 N–H and O–H groups in total. The van der Waals surface area contributed by atoms with E-state index < -0.39 is 0 Å². The normalized spacial score (nSPS) is 10.6. The van der Waals surface area contributed by atoms with Crippen molar-refractivity contribution in [3.63, 3.8) is 0 Å². The number of carbonyl (C=O) groups is 1. The van der Waals surface area contributed by atoms with Crippen LogP contribution in [0.2, 0.25) is 0 Å². The first-order valence-corrected chi connectivity index (χ1v) is 9.06. The Bertz CT molecular complexity index is 964. The molecular weight excluding hydrogens is 357 g/mol. The maximum Gasteiger partial charge on any atom is 0.315 e. The Kier molecular flexibility index (Phi) is 5.99. The van der Waals surface area contributed by atoms with Gasteiger partial charge in [0.25, 0.3) is 0 Å². The third-order valence-electron chi connectivity index (χ3n) is 4.65. The monoisotopic (exact) mass is 381 g/mol. The summed E-state index contributed by atoms with van der Waals surface area (Å²) in [4.78, 5) is 12.2. The van der Waals surface area contributed by atoms with E-state index in [0.717, 1.165) is 34.0 Å². The standard InChI is InChI=1S/C22H24FN3O2/c1-15-11-18(16(2)26(15)20-9-7-19(23)8-10-20)14-25-22(27)24-13-17-5-4-6-21(12-17)28-3/h4-12H,13-14H2,1-3H3,(H2,24,25,27).